The summed E-state index contributed by atoms with van der Waals surface area (Å²) in [4.78, 5) is 38.6. The molecular weight excluding hydrogens is 600 g/mol. The number of hydrogen-bond acceptors (Lipinski definition) is 7. The highest BCUT2D eigenvalue weighted by atomic mass is 79.9. The molecule has 40 heavy (non-hydrogen) atoms. The minimum Gasteiger partial charge on any atom is -0.468 e. The third-order valence-corrected chi connectivity index (χ3v) is 9.04. The van der Waals surface area contributed by atoms with E-state index in [9.17, 15) is 22.8 Å². The zero-order valence-electron chi connectivity index (χ0n) is 22.5. The average Bonchev–Trinajstić information content (AvgIpc) is 2.95. The Morgan fingerprint density at radius 1 is 1.07 bits per heavy atom. The number of carbonyl (C=O) groups excluding carboxylic acids is 2. The van der Waals surface area contributed by atoms with Gasteiger partial charge in [-0.15, -0.1) is 6.58 Å². The predicted octanol–water partition coefficient (Wildman–Crippen LogP) is 4.18. The summed E-state index contributed by atoms with van der Waals surface area (Å²) >= 11 is 3.22. The van der Waals surface area contributed by atoms with Crippen molar-refractivity contribution in [2.24, 2.45) is 0 Å². The molecule has 2 aromatic carbocycles. The van der Waals surface area contributed by atoms with Crippen LogP contribution in [0.5, 0.6) is 0 Å². The van der Waals surface area contributed by atoms with Crippen molar-refractivity contribution >= 4 is 37.9 Å². The van der Waals surface area contributed by atoms with Gasteiger partial charge in [0.15, 0.2) is 0 Å². The Kier molecular flexibility index (Phi) is 10.6. The van der Waals surface area contributed by atoms with Crippen molar-refractivity contribution in [1.29, 1.82) is 0 Å². The first-order valence-corrected chi connectivity index (χ1v) is 14.6. The van der Waals surface area contributed by atoms with E-state index in [1.54, 1.807) is 24.3 Å². The van der Waals surface area contributed by atoms with Crippen LogP contribution in [0.3, 0.4) is 0 Å². The maximum Gasteiger partial charge on any atom is 0.339 e. The van der Waals surface area contributed by atoms with Gasteiger partial charge < -0.3 is 14.0 Å². The van der Waals surface area contributed by atoms with Crippen molar-refractivity contribution in [1.82, 2.24) is 8.87 Å². The summed E-state index contributed by atoms with van der Waals surface area (Å²) in [6, 6.07) is 17.6. The molecule has 0 aliphatic rings. The quantitative estimate of drug-likeness (QED) is 0.218. The molecule has 1 atom stereocenters. The Morgan fingerprint density at radius 2 is 1.73 bits per heavy atom. The highest BCUT2D eigenvalue weighted by Crippen LogP contribution is 2.29. The van der Waals surface area contributed by atoms with Gasteiger partial charge >= 0.3 is 11.9 Å². The number of ether oxygens (including phenoxy) is 2. The van der Waals surface area contributed by atoms with Crippen LogP contribution < -0.4 is 5.56 Å². The molecule has 3 rings (SSSR count). The molecule has 3 aromatic rings. The average molecular weight is 632 g/mol. The van der Waals surface area contributed by atoms with Gasteiger partial charge in [-0.2, -0.15) is 4.31 Å². The maximum absolute atomic E-state index is 14.0. The molecule has 0 aliphatic carbocycles. The number of sulfonamides is 1. The number of halogens is 1. The second-order valence-corrected chi connectivity index (χ2v) is 11.9. The monoisotopic (exact) mass is 630 g/mol. The molecule has 1 heterocycles. The Morgan fingerprint density at radius 3 is 2.30 bits per heavy atom. The number of aromatic nitrogens is 1. The van der Waals surface area contributed by atoms with Crippen molar-refractivity contribution < 1.29 is 27.5 Å². The Labute approximate surface area is 242 Å². The van der Waals surface area contributed by atoms with Crippen LogP contribution in [-0.2, 0) is 43.8 Å². The van der Waals surface area contributed by atoms with Crippen LogP contribution in [0.2, 0.25) is 0 Å². The lowest BCUT2D eigenvalue weighted by atomic mass is 10.1. The lowest BCUT2D eigenvalue weighted by Crippen LogP contribution is -2.40. The molecule has 0 radical (unpaired) electrons. The number of benzene rings is 2. The van der Waals surface area contributed by atoms with E-state index < -0.39 is 45.9 Å². The van der Waals surface area contributed by atoms with E-state index in [0.29, 0.717) is 12.0 Å². The summed E-state index contributed by atoms with van der Waals surface area (Å²) in [7, 11) is -1.97. The van der Waals surface area contributed by atoms with Crippen LogP contribution in [0.15, 0.2) is 82.6 Å². The fourth-order valence-corrected chi connectivity index (χ4v) is 6.30. The number of esters is 2. The Bertz CT molecular complexity index is 1540. The first kappa shape index (κ1) is 31.0. The van der Waals surface area contributed by atoms with E-state index in [0.717, 1.165) is 22.5 Å². The molecule has 0 N–H and O–H groups in total. The molecule has 0 saturated carbocycles. The molecular formula is C29H31BrN2O7S. The van der Waals surface area contributed by atoms with Crippen molar-refractivity contribution in [3.05, 3.63) is 116 Å². The fraction of sp³-hybridized carbons (Fsp3) is 0.276. The summed E-state index contributed by atoms with van der Waals surface area (Å²) in [5.41, 5.74) is 1.92. The van der Waals surface area contributed by atoms with Crippen LogP contribution in [0, 0.1) is 6.92 Å². The number of carbonyl (C=O) groups is 2. The lowest BCUT2D eigenvalue weighted by Gasteiger charge is -2.27. The van der Waals surface area contributed by atoms with Crippen LogP contribution in [0.25, 0.3) is 0 Å². The number of rotatable bonds is 12. The Balaban J connectivity index is 2.17. The van der Waals surface area contributed by atoms with Gasteiger partial charge in [-0.3, -0.25) is 9.59 Å². The minimum atomic E-state index is -4.30. The van der Waals surface area contributed by atoms with Crippen molar-refractivity contribution in [3.8, 4) is 0 Å². The van der Waals surface area contributed by atoms with Crippen LogP contribution in [-0.4, -0.2) is 50.0 Å². The van der Waals surface area contributed by atoms with Gasteiger partial charge in [0.1, 0.15) is 11.8 Å². The second-order valence-electron chi connectivity index (χ2n) is 8.99. The third kappa shape index (κ3) is 7.15. The number of nitrogens with zero attached hydrogens (tertiary/aromatic N) is 2. The molecule has 212 valence electrons. The topological polar surface area (TPSA) is 112 Å². The molecule has 0 bridgehead atoms. The van der Waals surface area contributed by atoms with Crippen molar-refractivity contribution in [2.75, 3.05) is 20.8 Å². The predicted molar refractivity (Wildman–Crippen MR) is 155 cm³/mol. The van der Waals surface area contributed by atoms with Crippen LogP contribution in [0.4, 0.5) is 0 Å². The smallest absolute Gasteiger partial charge is 0.339 e. The number of methoxy groups -OCH3 is 2. The lowest BCUT2D eigenvalue weighted by molar-refractivity contribution is -0.140. The van der Waals surface area contributed by atoms with E-state index in [1.807, 2.05) is 37.3 Å². The van der Waals surface area contributed by atoms with E-state index in [4.69, 9.17) is 9.47 Å². The summed E-state index contributed by atoms with van der Waals surface area (Å²) in [5.74, 6) is -1.58. The second kappa shape index (κ2) is 13.7. The van der Waals surface area contributed by atoms with Crippen molar-refractivity contribution in [2.45, 2.75) is 31.7 Å². The van der Waals surface area contributed by atoms with E-state index in [1.165, 1.54) is 23.8 Å². The SMILES string of the molecule is C=CC(c1ccc(C)cc1)S(=O)(=O)N(CC(=O)OC)Cc1c(C(=O)OC)cc(Br)c(=O)n1CCc1ccccc1. The summed E-state index contributed by atoms with van der Waals surface area (Å²) < 4.78 is 40.1. The van der Waals surface area contributed by atoms with Gasteiger partial charge in [0, 0.05) is 6.54 Å². The molecule has 0 aliphatic heterocycles. The molecule has 0 amide bonds. The van der Waals surface area contributed by atoms with E-state index in [-0.39, 0.29) is 22.3 Å². The van der Waals surface area contributed by atoms with E-state index >= 15 is 0 Å². The highest BCUT2D eigenvalue weighted by Gasteiger charge is 2.35. The normalized spacial score (nSPS) is 12.1. The molecule has 0 spiro atoms. The van der Waals surface area contributed by atoms with Gasteiger partial charge in [-0.05, 0) is 46.5 Å². The van der Waals surface area contributed by atoms with E-state index in [2.05, 4.69) is 22.5 Å². The largest absolute Gasteiger partial charge is 0.468 e. The summed E-state index contributed by atoms with van der Waals surface area (Å²) in [5, 5.41) is -1.21. The van der Waals surface area contributed by atoms with Gasteiger partial charge in [0.05, 0.1) is 36.5 Å². The van der Waals surface area contributed by atoms with Crippen molar-refractivity contribution in [3.63, 3.8) is 0 Å². The van der Waals surface area contributed by atoms with Gasteiger partial charge in [-0.25, -0.2) is 13.2 Å². The highest BCUT2D eigenvalue weighted by molar-refractivity contribution is 9.10. The first-order valence-electron chi connectivity index (χ1n) is 12.3. The number of pyridine rings is 1. The standard InChI is InChI=1S/C29H31BrN2O7S/c1-5-26(22-13-11-20(2)12-14-22)40(36,37)31(19-27(33)38-3)18-25-23(29(35)39-4)17-24(30)28(34)32(25)16-15-21-9-7-6-8-10-21/h5-14,17,26H,1,15-16,18-19H2,2-4H3. The molecule has 1 aromatic heterocycles. The number of aryl methyl sites for hydroxylation is 2. The zero-order chi connectivity index (χ0) is 29.4. The van der Waals surface area contributed by atoms with Gasteiger partial charge in [0.25, 0.3) is 5.56 Å². The summed E-state index contributed by atoms with van der Waals surface area (Å²) in [6.07, 6.45) is 1.70. The maximum atomic E-state index is 14.0. The number of hydrogen-bond donors (Lipinski definition) is 0. The Hall–Kier alpha value is -3.54. The molecule has 9 nitrogen and oxygen atoms in total. The molecule has 0 saturated heterocycles. The summed E-state index contributed by atoms with van der Waals surface area (Å²) in [6.45, 7) is 4.60. The van der Waals surface area contributed by atoms with Gasteiger partial charge in [-0.1, -0.05) is 66.2 Å². The van der Waals surface area contributed by atoms with Crippen LogP contribution in [0.1, 0.15) is 38.0 Å². The fourth-order valence-electron chi connectivity index (χ4n) is 4.21. The zero-order valence-corrected chi connectivity index (χ0v) is 24.9. The van der Waals surface area contributed by atoms with Gasteiger partial charge in [0.2, 0.25) is 10.0 Å². The molecule has 0 fully saturated rings. The molecule has 1 unspecified atom stereocenters. The first-order chi connectivity index (χ1) is 19.0. The molecule has 11 heteroatoms. The minimum absolute atomic E-state index is 0.0161. The third-order valence-electron chi connectivity index (χ3n) is 6.39. The van der Waals surface area contributed by atoms with Crippen LogP contribution >= 0.6 is 15.9 Å².